The molecule has 2 aromatic rings. The molecule has 0 saturated heterocycles. The van der Waals surface area contributed by atoms with Gasteiger partial charge in [-0.2, -0.15) is 4.98 Å². The molecule has 21 heavy (non-hydrogen) atoms. The molecular formula is C15H17N3O2S. The summed E-state index contributed by atoms with van der Waals surface area (Å²) in [5.74, 6) is 2.35. The van der Waals surface area contributed by atoms with Crippen molar-refractivity contribution in [3.8, 4) is 0 Å². The van der Waals surface area contributed by atoms with Crippen molar-refractivity contribution in [1.82, 2.24) is 15.5 Å². The Bertz CT molecular complexity index is 596. The Kier molecular flexibility index (Phi) is 4.55. The zero-order valence-electron chi connectivity index (χ0n) is 11.6. The molecule has 1 N–H and O–H groups in total. The highest BCUT2D eigenvalue weighted by molar-refractivity contribution is 7.99. The number of carbonyl (C=O) groups is 1. The molecule has 1 aromatic carbocycles. The van der Waals surface area contributed by atoms with Crippen LogP contribution < -0.4 is 5.32 Å². The van der Waals surface area contributed by atoms with Gasteiger partial charge in [0.1, 0.15) is 0 Å². The summed E-state index contributed by atoms with van der Waals surface area (Å²) in [4.78, 5) is 15.9. The minimum absolute atomic E-state index is 0.0894. The lowest BCUT2D eigenvalue weighted by Crippen LogP contribution is -2.27. The maximum absolute atomic E-state index is 11.5. The van der Waals surface area contributed by atoms with Crippen molar-refractivity contribution >= 4 is 17.7 Å². The Morgan fingerprint density at radius 3 is 2.90 bits per heavy atom. The normalized spacial score (nSPS) is 14.1. The molecule has 0 unspecified atom stereocenters. The predicted octanol–water partition coefficient (Wildman–Crippen LogP) is 2.17. The zero-order chi connectivity index (χ0) is 14.5. The van der Waals surface area contributed by atoms with Crippen LogP contribution in [-0.4, -0.2) is 27.8 Å². The molecule has 0 aliphatic heterocycles. The average molecular weight is 303 g/mol. The molecule has 110 valence electrons. The number of nitrogens with zero attached hydrogens (tertiary/aromatic N) is 2. The molecule has 6 heteroatoms. The van der Waals surface area contributed by atoms with Gasteiger partial charge in [-0.25, -0.2) is 0 Å². The van der Waals surface area contributed by atoms with Crippen LogP contribution in [0.5, 0.6) is 0 Å². The Hall–Kier alpha value is -1.82. The third-order valence-electron chi connectivity index (χ3n) is 3.12. The van der Waals surface area contributed by atoms with Gasteiger partial charge in [0.05, 0.1) is 11.5 Å². The molecule has 0 bridgehead atoms. The third kappa shape index (κ3) is 4.60. The Morgan fingerprint density at radius 1 is 1.33 bits per heavy atom. The SMILES string of the molecule is O=C(CSCc1nc(Cc2ccccc2)no1)NC1CC1. The first-order chi connectivity index (χ1) is 10.3. The summed E-state index contributed by atoms with van der Waals surface area (Å²) in [5, 5.41) is 6.92. The number of thioether (sulfide) groups is 1. The van der Waals surface area contributed by atoms with Gasteiger partial charge >= 0.3 is 0 Å². The second-order valence-electron chi connectivity index (χ2n) is 5.10. The van der Waals surface area contributed by atoms with Crippen LogP contribution in [0.2, 0.25) is 0 Å². The van der Waals surface area contributed by atoms with Crippen LogP contribution in [-0.2, 0) is 17.0 Å². The van der Waals surface area contributed by atoms with Gasteiger partial charge in [0.2, 0.25) is 11.8 Å². The predicted molar refractivity (Wildman–Crippen MR) is 80.9 cm³/mol. The summed E-state index contributed by atoms with van der Waals surface area (Å²) in [6, 6.07) is 10.4. The Labute approximate surface area is 127 Å². The van der Waals surface area contributed by atoms with E-state index in [9.17, 15) is 4.79 Å². The van der Waals surface area contributed by atoms with E-state index in [0.29, 0.717) is 35.7 Å². The molecule has 1 aromatic heterocycles. The van der Waals surface area contributed by atoms with Crippen molar-refractivity contribution in [2.45, 2.75) is 31.1 Å². The van der Waals surface area contributed by atoms with Crippen molar-refractivity contribution in [1.29, 1.82) is 0 Å². The smallest absolute Gasteiger partial charge is 0.236 e. The molecule has 0 radical (unpaired) electrons. The number of carbonyl (C=O) groups excluding carboxylic acids is 1. The van der Waals surface area contributed by atoms with Crippen LogP contribution in [0.3, 0.4) is 0 Å². The van der Waals surface area contributed by atoms with Gasteiger partial charge in [-0.3, -0.25) is 4.79 Å². The fourth-order valence-electron chi connectivity index (χ4n) is 1.93. The van der Waals surface area contributed by atoms with E-state index in [-0.39, 0.29) is 5.91 Å². The first-order valence-electron chi connectivity index (χ1n) is 7.02. The maximum Gasteiger partial charge on any atom is 0.236 e. The molecule has 1 saturated carbocycles. The molecule has 0 atom stereocenters. The summed E-state index contributed by atoms with van der Waals surface area (Å²) in [6.07, 6.45) is 2.89. The molecule has 1 aliphatic rings. The minimum atomic E-state index is 0.0894. The van der Waals surface area contributed by atoms with Crippen LogP contribution in [0.25, 0.3) is 0 Å². The highest BCUT2D eigenvalue weighted by atomic mass is 32.2. The van der Waals surface area contributed by atoms with E-state index in [0.717, 1.165) is 18.4 Å². The van der Waals surface area contributed by atoms with E-state index < -0.39 is 0 Å². The molecular weight excluding hydrogens is 286 g/mol. The maximum atomic E-state index is 11.5. The largest absolute Gasteiger partial charge is 0.353 e. The van der Waals surface area contributed by atoms with Crippen molar-refractivity contribution in [2.24, 2.45) is 0 Å². The third-order valence-corrected chi connectivity index (χ3v) is 4.03. The molecule has 1 fully saturated rings. The lowest BCUT2D eigenvalue weighted by Gasteiger charge is -2.00. The van der Waals surface area contributed by atoms with Crippen LogP contribution in [0.1, 0.15) is 30.1 Å². The van der Waals surface area contributed by atoms with Crippen molar-refractivity contribution in [3.63, 3.8) is 0 Å². The van der Waals surface area contributed by atoms with E-state index in [1.807, 2.05) is 30.3 Å². The van der Waals surface area contributed by atoms with E-state index in [1.165, 1.54) is 11.8 Å². The van der Waals surface area contributed by atoms with Crippen LogP contribution in [0.4, 0.5) is 0 Å². The Balaban J connectivity index is 1.43. The van der Waals surface area contributed by atoms with Gasteiger partial charge in [0.15, 0.2) is 5.82 Å². The van der Waals surface area contributed by atoms with Crippen molar-refractivity contribution < 1.29 is 9.32 Å². The fraction of sp³-hybridized carbons (Fsp3) is 0.400. The van der Waals surface area contributed by atoms with Gasteiger partial charge in [0.25, 0.3) is 0 Å². The van der Waals surface area contributed by atoms with Gasteiger partial charge in [-0.1, -0.05) is 35.5 Å². The fourth-order valence-corrected chi connectivity index (χ4v) is 2.59. The summed E-state index contributed by atoms with van der Waals surface area (Å²) < 4.78 is 5.20. The minimum Gasteiger partial charge on any atom is -0.353 e. The lowest BCUT2D eigenvalue weighted by molar-refractivity contribution is -0.118. The van der Waals surface area contributed by atoms with Gasteiger partial charge in [-0.15, -0.1) is 11.8 Å². The highest BCUT2D eigenvalue weighted by Gasteiger charge is 2.22. The molecule has 1 aliphatic carbocycles. The van der Waals surface area contributed by atoms with Gasteiger partial charge < -0.3 is 9.84 Å². The summed E-state index contributed by atoms with van der Waals surface area (Å²) in [7, 11) is 0. The summed E-state index contributed by atoms with van der Waals surface area (Å²) in [6.45, 7) is 0. The number of hydrogen-bond donors (Lipinski definition) is 1. The van der Waals surface area contributed by atoms with Crippen LogP contribution >= 0.6 is 11.8 Å². The number of aromatic nitrogens is 2. The molecule has 1 heterocycles. The number of hydrogen-bond acceptors (Lipinski definition) is 5. The molecule has 3 rings (SSSR count). The molecule has 0 spiro atoms. The number of benzene rings is 1. The number of rotatable bonds is 7. The van der Waals surface area contributed by atoms with E-state index in [4.69, 9.17) is 4.52 Å². The number of nitrogens with one attached hydrogen (secondary N) is 1. The monoisotopic (exact) mass is 303 g/mol. The number of amides is 1. The van der Waals surface area contributed by atoms with E-state index in [1.54, 1.807) is 0 Å². The first-order valence-corrected chi connectivity index (χ1v) is 8.17. The second-order valence-corrected chi connectivity index (χ2v) is 6.09. The summed E-state index contributed by atoms with van der Waals surface area (Å²) >= 11 is 1.50. The van der Waals surface area contributed by atoms with Crippen molar-refractivity contribution in [2.75, 3.05) is 5.75 Å². The average Bonchev–Trinajstić information content (AvgIpc) is 3.18. The van der Waals surface area contributed by atoms with E-state index in [2.05, 4.69) is 15.5 Å². The topological polar surface area (TPSA) is 68.0 Å². The lowest BCUT2D eigenvalue weighted by atomic mass is 10.1. The second kappa shape index (κ2) is 6.76. The zero-order valence-corrected chi connectivity index (χ0v) is 12.4. The van der Waals surface area contributed by atoms with Crippen molar-refractivity contribution in [3.05, 3.63) is 47.6 Å². The first kappa shape index (κ1) is 14.1. The van der Waals surface area contributed by atoms with E-state index >= 15 is 0 Å². The standard InChI is InChI=1S/C15H17N3O2S/c19-14(16-12-6-7-12)9-21-10-15-17-13(18-20-15)8-11-4-2-1-3-5-11/h1-5,12H,6-10H2,(H,16,19). The Morgan fingerprint density at radius 2 is 2.14 bits per heavy atom. The van der Waals surface area contributed by atoms with Gasteiger partial charge in [0, 0.05) is 12.5 Å². The van der Waals surface area contributed by atoms with Crippen LogP contribution in [0.15, 0.2) is 34.9 Å². The molecule has 5 nitrogen and oxygen atoms in total. The van der Waals surface area contributed by atoms with Gasteiger partial charge in [-0.05, 0) is 18.4 Å². The van der Waals surface area contributed by atoms with Crippen LogP contribution in [0, 0.1) is 0 Å². The molecule has 1 amide bonds. The highest BCUT2D eigenvalue weighted by Crippen LogP contribution is 2.19. The quantitative estimate of drug-likeness (QED) is 0.849. The summed E-state index contributed by atoms with van der Waals surface area (Å²) in [5.41, 5.74) is 1.15.